The van der Waals surface area contributed by atoms with Crippen LogP contribution >= 0.6 is 12.4 Å². The third kappa shape index (κ3) is 3.85. The molecule has 0 saturated heterocycles. The van der Waals surface area contributed by atoms with Crippen LogP contribution < -0.4 is 11.1 Å². The first-order valence-corrected chi connectivity index (χ1v) is 8.55. The Hall–Kier alpha value is -1.92. The number of fused-ring (bicyclic) bond motifs is 1. The van der Waals surface area contributed by atoms with Gasteiger partial charge in [0.15, 0.2) is 0 Å². The SMILES string of the molecule is Cl.NC1(C(=O)NCCCCN2C(=O)c3ccccc3C2=O)CCCC1. The Morgan fingerprint density at radius 1 is 1.08 bits per heavy atom. The highest BCUT2D eigenvalue weighted by Crippen LogP contribution is 2.27. The minimum atomic E-state index is -0.706. The lowest BCUT2D eigenvalue weighted by Crippen LogP contribution is -2.52. The number of imide groups is 1. The van der Waals surface area contributed by atoms with Crippen LogP contribution in [-0.2, 0) is 4.79 Å². The van der Waals surface area contributed by atoms with Gasteiger partial charge in [0.2, 0.25) is 5.91 Å². The second kappa shape index (κ2) is 7.97. The number of benzene rings is 1. The molecule has 1 aromatic carbocycles. The summed E-state index contributed by atoms with van der Waals surface area (Å²) in [6.45, 7) is 0.886. The molecule has 1 saturated carbocycles. The highest BCUT2D eigenvalue weighted by atomic mass is 35.5. The summed E-state index contributed by atoms with van der Waals surface area (Å²) >= 11 is 0. The Bertz CT molecular complexity index is 636. The van der Waals surface area contributed by atoms with Gasteiger partial charge < -0.3 is 11.1 Å². The fraction of sp³-hybridized carbons (Fsp3) is 0.500. The first-order valence-electron chi connectivity index (χ1n) is 8.55. The summed E-state index contributed by atoms with van der Waals surface area (Å²) in [6, 6.07) is 6.87. The molecule has 1 aliphatic heterocycles. The fourth-order valence-electron chi connectivity index (χ4n) is 3.45. The number of unbranched alkanes of at least 4 members (excludes halogenated alkanes) is 1. The van der Waals surface area contributed by atoms with Gasteiger partial charge in [-0.15, -0.1) is 12.4 Å². The number of nitrogens with zero attached hydrogens (tertiary/aromatic N) is 1. The predicted molar refractivity (Wildman–Crippen MR) is 96.7 cm³/mol. The van der Waals surface area contributed by atoms with Gasteiger partial charge in [-0.25, -0.2) is 0 Å². The lowest BCUT2D eigenvalue weighted by Gasteiger charge is -2.22. The van der Waals surface area contributed by atoms with Gasteiger partial charge in [-0.2, -0.15) is 0 Å². The molecule has 6 nitrogen and oxygen atoms in total. The van der Waals surface area contributed by atoms with E-state index in [0.717, 1.165) is 25.7 Å². The van der Waals surface area contributed by atoms with E-state index in [4.69, 9.17) is 5.73 Å². The summed E-state index contributed by atoms with van der Waals surface area (Å²) in [5.74, 6) is -0.543. The lowest BCUT2D eigenvalue weighted by molar-refractivity contribution is -0.126. The number of carbonyl (C=O) groups is 3. The number of rotatable bonds is 6. The van der Waals surface area contributed by atoms with Crippen LogP contribution in [0.1, 0.15) is 59.2 Å². The average Bonchev–Trinajstić information content (AvgIpc) is 3.13. The summed E-state index contributed by atoms with van der Waals surface area (Å²) < 4.78 is 0. The molecule has 3 N–H and O–H groups in total. The van der Waals surface area contributed by atoms with Crippen molar-refractivity contribution in [3.63, 3.8) is 0 Å². The monoisotopic (exact) mass is 365 g/mol. The molecular formula is C18H24ClN3O3. The Labute approximate surface area is 153 Å². The minimum absolute atomic E-state index is 0. The molecule has 0 bridgehead atoms. The van der Waals surface area contributed by atoms with E-state index in [0.29, 0.717) is 37.1 Å². The number of carbonyl (C=O) groups excluding carboxylic acids is 3. The molecule has 3 amide bonds. The fourth-order valence-corrected chi connectivity index (χ4v) is 3.45. The molecule has 1 aromatic rings. The van der Waals surface area contributed by atoms with Crippen LogP contribution in [0.4, 0.5) is 0 Å². The number of amides is 3. The van der Waals surface area contributed by atoms with Crippen LogP contribution in [0.2, 0.25) is 0 Å². The van der Waals surface area contributed by atoms with Crippen molar-refractivity contribution in [2.24, 2.45) is 5.73 Å². The van der Waals surface area contributed by atoms with Gasteiger partial charge >= 0.3 is 0 Å². The van der Waals surface area contributed by atoms with E-state index < -0.39 is 5.54 Å². The van der Waals surface area contributed by atoms with Crippen molar-refractivity contribution >= 4 is 30.1 Å². The number of halogens is 1. The van der Waals surface area contributed by atoms with E-state index >= 15 is 0 Å². The van der Waals surface area contributed by atoms with Crippen molar-refractivity contribution in [2.45, 2.75) is 44.1 Å². The van der Waals surface area contributed by atoms with Gasteiger partial charge in [-0.05, 0) is 37.8 Å². The largest absolute Gasteiger partial charge is 0.355 e. The van der Waals surface area contributed by atoms with Crippen molar-refractivity contribution in [2.75, 3.05) is 13.1 Å². The number of nitrogens with one attached hydrogen (secondary N) is 1. The second-order valence-electron chi connectivity index (χ2n) is 6.63. The second-order valence-corrected chi connectivity index (χ2v) is 6.63. The molecule has 1 heterocycles. The molecule has 0 unspecified atom stereocenters. The molecule has 1 aliphatic carbocycles. The first-order chi connectivity index (χ1) is 11.5. The third-order valence-electron chi connectivity index (χ3n) is 4.92. The van der Waals surface area contributed by atoms with Gasteiger partial charge in [-0.1, -0.05) is 25.0 Å². The molecule has 7 heteroatoms. The Morgan fingerprint density at radius 3 is 2.20 bits per heavy atom. The smallest absolute Gasteiger partial charge is 0.261 e. The zero-order chi connectivity index (χ0) is 17.2. The molecule has 0 atom stereocenters. The molecule has 2 aliphatic rings. The van der Waals surface area contributed by atoms with E-state index in [2.05, 4.69) is 5.32 Å². The quantitative estimate of drug-likeness (QED) is 0.594. The van der Waals surface area contributed by atoms with Crippen molar-refractivity contribution < 1.29 is 14.4 Å². The number of hydrogen-bond acceptors (Lipinski definition) is 4. The van der Waals surface area contributed by atoms with Crippen LogP contribution in [0, 0.1) is 0 Å². The molecule has 0 radical (unpaired) electrons. The zero-order valence-electron chi connectivity index (χ0n) is 14.1. The van der Waals surface area contributed by atoms with Crippen LogP contribution in [0.25, 0.3) is 0 Å². The molecule has 3 rings (SSSR count). The summed E-state index contributed by atoms with van der Waals surface area (Å²) in [7, 11) is 0. The van der Waals surface area contributed by atoms with Crippen LogP contribution in [0.3, 0.4) is 0 Å². The average molecular weight is 366 g/mol. The lowest BCUT2D eigenvalue weighted by atomic mass is 9.98. The highest BCUT2D eigenvalue weighted by molar-refractivity contribution is 6.21. The summed E-state index contributed by atoms with van der Waals surface area (Å²) in [6.07, 6.45) is 4.85. The van der Waals surface area contributed by atoms with Crippen molar-refractivity contribution in [1.29, 1.82) is 0 Å². The van der Waals surface area contributed by atoms with Gasteiger partial charge in [0, 0.05) is 13.1 Å². The van der Waals surface area contributed by atoms with Crippen molar-refractivity contribution in [1.82, 2.24) is 10.2 Å². The van der Waals surface area contributed by atoms with Crippen LogP contribution in [0.5, 0.6) is 0 Å². The molecule has 136 valence electrons. The van der Waals surface area contributed by atoms with E-state index in [1.165, 1.54) is 4.90 Å². The standard InChI is InChI=1S/C18H23N3O3.ClH/c19-18(9-3-4-10-18)17(24)20-11-5-6-12-21-15(22)13-7-1-2-8-14(13)16(21)23;/h1-2,7-8H,3-6,9-12,19H2,(H,20,24);1H. The topological polar surface area (TPSA) is 92.5 Å². The van der Waals surface area contributed by atoms with Crippen LogP contribution in [-0.4, -0.2) is 41.2 Å². The van der Waals surface area contributed by atoms with Gasteiger partial charge in [0.05, 0.1) is 16.7 Å². The minimum Gasteiger partial charge on any atom is -0.355 e. The number of nitrogens with two attached hydrogens (primary N) is 1. The van der Waals surface area contributed by atoms with E-state index in [-0.39, 0.29) is 30.1 Å². The predicted octanol–water partition coefficient (Wildman–Crippen LogP) is 1.87. The van der Waals surface area contributed by atoms with Gasteiger partial charge in [-0.3, -0.25) is 19.3 Å². The van der Waals surface area contributed by atoms with Crippen molar-refractivity contribution in [3.05, 3.63) is 35.4 Å². The number of hydrogen-bond donors (Lipinski definition) is 2. The molecule has 0 aromatic heterocycles. The summed E-state index contributed by atoms with van der Waals surface area (Å²) in [5.41, 5.74) is 6.33. The Balaban J connectivity index is 0.00000225. The first kappa shape index (κ1) is 19.4. The van der Waals surface area contributed by atoms with Crippen molar-refractivity contribution in [3.8, 4) is 0 Å². The molecule has 0 spiro atoms. The maximum Gasteiger partial charge on any atom is 0.261 e. The third-order valence-corrected chi connectivity index (χ3v) is 4.92. The van der Waals surface area contributed by atoms with Crippen LogP contribution in [0.15, 0.2) is 24.3 Å². The molecule has 25 heavy (non-hydrogen) atoms. The molecular weight excluding hydrogens is 342 g/mol. The Morgan fingerprint density at radius 2 is 1.64 bits per heavy atom. The van der Waals surface area contributed by atoms with Gasteiger partial charge in [0.25, 0.3) is 11.8 Å². The summed E-state index contributed by atoms with van der Waals surface area (Å²) in [5, 5.41) is 2.88. The summed E-state index contributed by atoms with van der Waals surface area (Å²) in [4.78, 5) is 37.8. The van der Waals surface area contributed by atoms with E-state index in [1.54, 1.807) is 24.3 Å². The highest BCUT2D eigenvalue weighted by Gasteiger charge is 2.37. The van der Waals surface area contributed by atoms with E-state index in [9.17, 15) is 14.4 Å². The Kier molecular flexibility index (Phi) is 6.19. The maximum absolute atomic E-state index is 12.2. The van der Waals surface area contributed by atoms with E-state index in [1.807, 2.05) is 0 Å². The normalized spacial score (nSPS) is 18.0. The maximum atomic E-state index is 12.2. The zero-order valence-corrected chi connectivity index (χ0v) is 14.9. The van der Waals surface area contributed by atoms with Gasteiger partial charge in [0.1, 0.15) is 0 Å². The molecule has 1 fully saturated rings.